The summed E-state index contributed by atoms with van der Waals surface area (Å²) in [6, 6.07) is 14.0. The topological polar surface area (TPSA) is 79.7 Å². The monoisotopic (exact) mass is 398 g/mol. The van der Waals surface area contributed by atoms with E-state index in [1.54, 1.807) is 29.3 Å². The highest BCUT2D eigenvalue weighted by atomic mass is 32.2. The average Bonchev–Trinajstić information content (AvgIpc) is 2.95. The number of rotatable bonds is 5. The van der Waals surface area contributed by atoms with Crippen LogP contribution in [0.4, 0.5) is 0 Å². The van der Waals surface area contributed by atoms with Gasteiger partial charge in [0, 0.05) is 10.9 Å². The van der Waals surface area contributed by atoms with Crippen molar-refractivity contribution < 1.29 is 19.4 Å². The number of carbonyl (C=O) groups is 2. The number of hydrogen-bond donors (Lipinski definition) is 1. The number of hydrogen-bond acceptors (Lipinski definition) is 6. The first-order valence-corrected chi connectivity index (χ1v) is 10.1. The predicted octanol–water partition coefficient (Wildman–Crippen LogP) is 2.54. The van der Waals surface area contributed by atoms with Gasteiger partial charge in [-0.3, -0.25) is 9.78 Å². The third-order valence-corrected chi connectivity index (χ3v) is 6.85. The molecule has 2 saturated heterocycles. The Balaban J connectivity index is 1.48. The number of aromatic nitrogens is 1. The fourth-order valence-corrected chi connectivity index (χ4v) is 5.57. The first-order valence-electron chi connectivity index (χ1n) is 9.20. The van der Waals surface area contributed by atoms with Crippen molar-refractivity contribution in [3.05, 3.63) is 66.0 Å². The molecule has 1 amide bonds. The van der Waals surface area contributed by atoms with E-state index in [1.165, 1.54) is 11.8 Å². The van der Waals surface area contributed by atoms with E-state index < -0.39 is 28.8 Å². The lowest BCUT2D eigenvalue weighted by Crippen LogP contribution is -2.64. The number of thioether (sulfide) groups is 1. The van der Waals surface area contributed by atoms with Gasteiger partial charge >= 0.3 is 5.97 Å². The molecule has 0 bridgehead atoms. The number of amides is 1. The maximum atomic E-state index is 12.9. The molecule has 146 valence electrons. The van der Waals surface area contributed by atoms with Crippen molar-refractivity contribution in [1.82, 2.24) is 9.88 Å². The smallest absolute Gasteiger partial charge is 0.330 e. The van der Waals surface area contributed by atoms with Crippen molar-refractivity contribution >= 4 is 23.6 Å². The first kappa shape index (κ1) is 19.0. The molecule has 2 aromatic rings. The van der Waals surface area contributed by atoms with Crippen LogP contribution in [-0.2, 0) is 20.9 Å². The van der Waals surface area contributed by atoms with E-state index in [2.05, 4.69) is 4.98 Å². The van der Waals surface area contributed by atoms with Crippen molar-refractivity contribution in [2.75, 3.05) is 0 Å². The van der Waals surface area contributed by atoms with Crippen LogP contribution in [0.15, 0.2) is 54.7 Å². The van der Waals surface area contributed by atoms with Crippen LogP contribution < -0.4 is 0 Å². The molecule has 3 heterocycles. The van der Waals surface area contributed by atoms with Gasteiger partial charge in [-0.05, 0) is 31.5 Å². The summed E-state index contributed by atoms with van der Waals surface area (Å²) in [5.41, 5.74) is 1.36. The van der Waals surface area contributed by atoms with Crippen LogP contribution >= 0.6 is 11.8 Å². The molecule has 0 saturated carbocycles. The van der Waals surface area contributed by atoms with Crippen LogP contribution in [0.2, 0.25) is 0 Å². The zero-order valence-corrected chi connectivity index (χ0v) is 16.5. The number of pyridine rings is 1. The summed E-state index contributed by atoms with van der Waals surface area (Å²) in [6.07, 6.45) is 0.604. The number of fused-ring (bicyclic) bond motifs is 1. The van der Waals surface area contributed by atoms with E-state index in [0.717, 1.165) is 5.56 Å². The number of β-lactam (4-membered cyclic amide) rings is 1. The standard InChI is InChI=1S/C21H22N2O4S/c1-21(2)17(20(26)27-12-13-8-4-3-5-9-13)23-18(25)15(19(23)28-21)16(24)14-10-6-7-11-22-14/h3-11,15-17,19,24H,12H2,1-2H3/t15-,16+,17+,19-/m1/s1. The Morgan fingerprint density at radius 1 is 1.25 bits per heavy atom. The Morgan fingerprint density at radius 3 is 2.64 bits per heavy atom. The van der Waals surface area contributed by atoms with E-state index in [-0.39, 0.29) is 17.9 Å². The Morgan fingerprint density at radius 2 is 1.96 bits per heavy atom. The molecule has 4 rings (SSSR count). The van der Waals surface area contributed by atoms with Crippen LogP contribution in [-0.4, -0.2) is 43.0 Å². The number of nitrogens with zero attached hydrogens (tertiary/aromatic N) is 2. The largest absolute Gasteiger partial charge is 0.459 e. The quantitative estimate of drug-likeness (QED) is 0.616. The van der Waals surface area contributed by atoms with Crippen molar-refractivity contribution in [2.24, 2.45) is 5.92 Å². The van der Waals surface area contributed by atoms with E-state index >= 15 is 0 Å². The van der Waals surface area contributed by atoms with Crippen LogP contribution in [0, 0.1) is 5.92 Å². The predicted molar refractivity (Wildman–Crippen MR) is 105 cm³/mol. The zero-order chi connectivity index (χ0) is 19.9. The number of ether oxygens (including phenoxy) is 1. The second-order valence-electron chi connectivity index (χ2n) is 7.58. The van der Waals surface area contributed by atoms with Gasteiger partial charge in [0.15, 0.2) is 0 Å². The Kier molecular flexibility index (Phi) is 4.89. The van der Waals surface area contributed by atoms with Gasteiger partial charge in [-0.2, -0.15) is 0 Å². The van der Waals surface area contributed by atoms with E-state index in [9.17, 15) is 14.7 Å². The second-order valence-corrected chi connectivity index (χ2v) is 9.35. The molecule has 7 heteroatoms. The minimum atomic E-state index is -0.989. The highest BCUT2D eigenvalue weighted by molar-refractivity contribution is 8.01. The SMILES string of the molecule is CC1(C)S[C@@H]2[C@H]([C@@H](O)c3ccccn3)C(=O)N2[C@H]1C(=O)OCc1ccccc1. The first-order chi connectivity index (χ1) is 13.4. The molecule has 1 aromatic carbocycles. The molecule has 4 atom stereocenters. The maximum Gasteiger partial charge on any atom is 0.330 e. The van der Waals surface area contributed by atoms with Crippen molar-refractivity contribution in [2.45, 2.75) is 42.7 Å². The summed E-state index contributed by atoms with van der Waals surface area (Å²) < 4.78 is 5.00. The number of aliphatic hydroxyl groups excluding tert-OH is 1. The zero-order valence-electron chi connectivity index (χ0n) is 15.7. The van der Waals surface area contributed by atoms with E-state index in [4.69, 9.17) is 4.74 Å². The molecule has 2 aliphatic rings. The van der Waals surface area contributed by atoms with Crippen LogP contribution in [0.25, 0.3) is 0 Å². The molecular weight excluding hydrogens is 376 g/mol. The van der Waals surface area contributed by atoms with Crippen LogP contribution in [0.3, 0.4) is 0 Å². The minimum Gasteiger partial charge on any atom is -0.459 e. The second kappa shape index (κ2) is 7.22. The lowest BCUT2D eigenvalue weighted by atomic mass is 9.86. The van der Waals surface area contributed by atoms with E-state index in [0.29, 0.717) is 5.69 Å². The van der Waals surface area contributed by atoms with Crippen molar-refractivity contribution in [3.63, 3.8) is 0 Å². The Hall–Kier alpha value is -2.38. The molecule has 1 N–H and O–H groups in total. The summed E-state index contributed by atoms with van der Waals surface area (Å²) in [6.45, 7) is 4.04. The lowest BCUT2D eigenvalue weighted by Gasteiger charge is -2.45. The lowest BCUT2D eigenvalue weighted by molar-refractivity contribution is -0.172. The Bertz CT molecular complexity index is 874. The third-order valence-electron chi connectivity index (χ3n) is 5.26. The van der Waals surface area contributed by atoms with Gasteiger partial charge in [-0.25, -0.2) is 4.79 Å². The van der Waals surface area contributed by atoms with Gasteiger partial charge in [-0.1, -0.05) is 36.4 Å². The Labute approximate surface area is 167 Å². The molecule has 0 aliphatic carbocycles. The summed E-state index contributed by atoms with van der Waals surface area (Å²) in [7, 11) is 0. The van der Waals surface area contributed by atoms with Crippen LogP contribution in [0.5, 0.6) is 0 Å². The minimum absolute atomic E-state index is 0.170. The number of esters is 1. The highest BCUT2D eigenvalue weighted by Crippen LogP contribution is 2.56. The third kappa shape index (κ3) is 3.18. The highest BCUT2D eigenvalue weighted by Gasteiger charge is 2.65. The fraction of sp³-hybridized carbons (Fsp3) is 0.381. The molecule has 6 nitrogen and oxygen atoms in total. The molecule has 0 radical (unpaired) electrons. The molecular formula is C21H22N2O4S. The number of benzene rings is 1. The number of aliphatic hydroxyl groups is 1. The van der Waals surface area contributed by atoms with Gasteiger partial charge < -0.3 is 14.7 Å². The maximum absolute atomic E-state index is 12.9. The summed E-state index contributed by atoms with van der Waals surface area (Å²) in [5, 5.41) is 10.4. The summed E-state index contributed by atoms with van der Waals surface area (Å²) in [5.74, 6) is -1.25. The molecule has 2 aliphatic heterocycles. The van der Waals surface area contributed by atoms with Gasteiger partial charge in [0.05, 0.1) is 17.0 Å². The number of carbonyl (C=O) groups excluding carboxylic acids is 2. The average molecular weight is 398 g/mol. The summed E-state index contributed by atoms with van der Waals surface area (Å²) >= 11 is 1.53. The normalized spacial score (nSPS) is 26.3. The molecule has 1 aromatic heterocycles. The van der Waals surface area contributed by atoms with Gasteiger partial charge in [-0.15, -0.1) is 11.8 Å². The van der Waals surface area contributed by atoms with Crippen LogP contribution in [0.1, 0.15) is 31.2 Å². The van der Waals surface area contributed by atoms with Gasteiger partial charge in [0.1, 0.15) is 18.8 Å². The van der Waals surface area contributed by atoms with Crippen molar-refractivity contribution in [3.8, 4) is 0 Å². The van der Waals surface area contributed by atoms with Crippen molar-refractivity contribution in [1.29, 1.82) is 0 Å². The fourth-order valence-electron chi connectivity index (χ4n) is 3.86. The van der Waals surface area contributed by atoms with E-state index in [1.807, 2.05) is 44.2 Å². The molecule has 2 fully saturated rings. The van der Waals surface area contributed by atoms with Gasteiger partial charge in [0.25, 0.3) is 0 Å². The summed E-state index contributed by atoms with van der Waals surface area (Å²) in [4.78, 5) is 31.4. The molecule has 28 heavy (non-hydrogen) atoms. The molecule has 0 spiro atoms. The molecule has 0 unspecified atom stereocenters. The van der Waals surface area contributed by atoms with Gasteiger partial charge in [0.2, 0.25) is 5.91 Å².